The molecule has 2 N–H and O–H groups in total. The Morgan fingerprint density at radius 2 is 1.92 bits per heavy atom. The van der Waals surface area contributed by atoms with Crippen LogP contribution in [0.5, 0.6) is 0 Å². The Balaban J connectivity index is 0.00000225. The fourth-order valence-electron chi connectivity index (χ4n) is 3.25. The van der Waals surface area contributed by atoms with Gasteiger partial charge in [0, 0.05) is 6.54 Å². The number of carbonyl (C=O) groups excluding carboxylic acids is 1. The number of piperidine rings is 1. The Morgan fingerprint density at radius 1 is 1.24 bits per heavy atom. The van der Waals surface area contributed by atoms with Crippen LogP contribution in [0.2, 0.25) is 0 Å². The lowest BCUT2D eigenvalue weighted by atomic mass is 10.1. The number of rotatable bonds is 5. The van der Waals surface area contributed by atoms with Crippen LogP contribution in [0.15, 0.2) is 24.4 Å². The maximum Gasteiger partial charge on any atom is 0.273 e. The average Bonchev–Trinajstić information content (AvgIpc) is 3.05. The van der Waals surface area contributed by atoms with E-state index >= 15 is 0 Å². The van der Waals surface area contributed by atoms with E-state index in [2.05, 4.69) is 53.0 Å². The molecule has 0 bridgehead atoms. The van der Waals surface area contributed by atoms with Crippen LogP contribution in [0.25, 0.3) is 0 Å². The second-order valence-corrected chi connectivity index (χ2v) is 6.57. The van der Waals surface area contributed by atoms with Crippen LogP contribution in [-0.4, -0.2) is 40.5 Å². The molecule has 0 radical (unpaired) electrons. The number of benzene rings is 1. The van der Waals surface area contributed by atoms with E-state index in [1.807, 2.05) is 4.68 Å². The predicted molar refractivity (Wildman–Crippen MR) is 100 cm³/mol. The van der Waals surface area contributed by atoms with Crippen molar-refractivity contribution in [2.24, 2.45) is 0 Å². The highest BCUT2D eigenvalue weighted by molar-refractivity contribution is 5.91. The molecule has 0 spiro atoms. The van der Waals surface area contributed by atoms with E-state index in [4.69, 9.17) is 0 Å². The molecule has 25 heavy (non-hydrogen) atoms. The number of hydrogen-bond acceptors (Lipinski definition) is 4. The van der Waals surface area contributed by atoms with Gasteiger partial charge in [-0.25, -0.2) is 4.68 Å². The van der Waals surface area contributed by atoms with Gasteiger partial charge in [0.1, 0.15) is 0 Å². The number of aromatic nitrogens is 3. The van der Waals surface area contributed by atoms with E-state index < -0.39 is 0 Å². The molecule has 0 saturated carbocycles. The first-order chi connectivity index (χ1) is 11.6. The molecular weight excluding hydrogens is 338 g/mol. The molecule has 7 heteroatoms. The Labute approximate surface area is 154 Å². The molecule has 1 aliphatic rings. The lowest BCUT2D eigenvalue weighted by Crippen LogP contribution is -2.29. The molecule has 1 amide bonds. The van der Waals surface area contributed by atoms with Crippen molar-refractivity contribution in [2.45, 2.75) is 39.2 Å². The molecule has 6 nitrogen and oxygen atoms in total. The van der Waals surface area contributed by atoms with E-state index in [9.17, 15) is 4.79 Å². The zero-order valence-corrected chi connectivity index (χ0v) is 15.6. The third kappa shape index (κ3) is 5.28. The van der Waals surface area contributed by atoms with Crippen LogP contribution in [0.4, 0.5) is 0 Å². The summed E-state index contributed by atoms with van der Waals surface area (Å²) in [4.78, 5) is 12.2. The van der Waals surface area contributed by atoms with Crippen LogP contribution in [0.1, 0.15) is 46.1 Å². The minimum atomic E-state index is -0.153. The van der Waals surface area contributed by atoms with Gasteiger partial charge in [-0.1, -0.05) is 34.5 Å². The van der Waals surface area contributed by atoms with Gasteiger partial charge in [-0.15, -0.1) is 17.5 Å². The standard InChI is InChI=1S/C18H25N5O.ClH/c1-13-9-14(2)11-15(10-13)3-8-20-18(24)17-12-23(22-21-17)16-4-6-19-7-5-16;/h9-12,16,19H,3-8H2,1-2H3,(H,20,24);1H. The van der Waals surface area contributed by atoms with Gasteiger partial charge >= 0.3 is 0 Å². The number of amides is 1. The van der Waals surface area contributed by atoms with Gasteiger partial charge in [0.15, 0.2) is 5.69 Å². The van der Waals surface area contributed by atoms with Crippen molar-refractivity contribution in [1.29, 1.82) is 0 Å². The summed E-state index contributed by atoms with van der Waals surface area (Å²) in [6.07, 6.45) is 4.63. The van der Waals surface area contributed by atoms with Gasteiger partial charge in [-0.05, 0) is 51.8 Å². The fourth-order valence-corrected chi connectivity index (χ4v) is 3.25. The summed E-state index contributed by atoms with van der Waals surface area (Å²) in [5, 5.41) is 14.4. The normalized spacial score (nSPS) is 14.8. The van der Waals surface area contributed by atoms with Crippen LogP contribution in [-0.2, 0) is 6.42 Å². The van der Waals surface area contributed by atoms with Crippen molar-refractivity contribution in [3.63, 3.8) is 0 Å². The molecule has 1 fully saturated rings. The molecule has 0 atom stereocenters. The highest BCUT2D eigenvalue weighted by Crippen LogP contribution is 2.17. The van der Waals surface area contributed by atoms with Gasteiger partial charge in [0.05, 0.1) is 12.2 Å². The zero-order valence-electron chi connectivity index (χ0n) is 14.8. The largest absolute Gasteiger partial charge is 0.350 e. The summed E-state index contributed by atoms with van der Waals surface area (Å²) in [6, 6.07) is 6.82. The number of nitrogens with zero attached hydrogens (tertiary/aromatic N) is 3. The van der Waals surface area contributed by atoms with E-state index in [0.29, 0.717) is 18.3 Å². The van der Waals surface area contributed by atoms with E-state index in [0.717, 1.165) is 32.4 Å². The minimum absolute atomic E-state index is 0. The molecule has 1 aromatic carbocycles. The fraction of sp³-hybridized carbons (Fsp3) is 0.500. The van der Waals surface area contributed by atoms with Crippen molar-refractivity contribution >= 4 is 18.3 Å². The van der Waals surface area contributed by atoms with Crippen molar-refractivity contribution < 1.29 is 4.79 Å². The molecule has 0 aliphatic carbocycles. The molecule has 136 valence electrons. The van der Waals surface area contributed by atoms with Crippen molar-refractivity contribution in [3.05, 3.63) is 46.8 Å². The van der Waals surface area contributed by atoms with Crippen LogP contribution in [0.3, 0.4) is 0 Å². The third-order valence-electron chi connectivity index (χ3n) is 4.41. The summed E-state index contributed by atoms with van der Waals surface area (Å²) in [5.41, 5.74) is 4.14. The molecule has 1 saturated heterocycles. The number of carbonyl (C=O) groups is 1. The SMILES string of the molecule is Cc1cc(C)cc(CCNC(=O)c2cn(C3CCNCC3)nn2)c1.Cl. The van der Waals surface area contributed by atoms with Crippen LogP contribution in [0, 0.1) is 13.8 Å². The quantitative estimate of drug-likeness (QED) is 0.854. The van der Waals surface area contributed by atoms with Gasteiger partial charge in [0.2, 0.25) is 0 Å². The predicted octanol–water partition coefficient (Wildman–Crippen LogP) is 2.21. The molecule has 3 rings (SSSR count). The minimum Gasteiger partial charge on any atom is -0.350 e. The molecule has 1 aliphatic heterocycles. The van der Waals surface area contributed by atoms with E-state index in [1.165, 1.54) is 16.7 Å². The first-order valence-corrected chi connectivity index (χ1v) is 8.60. The van der Waals surface area contributed by atoms with Crippen LogP contribution >= 0.6 is 12.4 Å². The van der Waals surface area contributed by atoms with Gasteiger partial charge in [-0.3, -0.25) is 4.79 Å². The van der Waals surface area contributed by atoms with Crippen molar-refractivity contribution in [1.82, 2.24) is 25.6 Å². The monoisotopic (exact) mass is 363 g/mol. The summed E-state index contributed by atoms with van der Waals surface area (Å²) >= 11 is 0. The van der Waals surface area contributed by atoms with Crippen molar-refractivity contribution in [3.8, 4) is 0 Å². The maximum absolute atomic E-state index is 12.2. The number of halogens is 1. The molecular formula is C18H26ClN5O. The van der Waals surface area contributed by atoms with Gasteiger partial charge in [-0.2, -0.15) is 0 Å². The summed E-state index contributed by atoms with van der Waals surface area (Å²) in [7, 11) is 0. The van der Waals surface area contributed by atoms with Gasteiger partial charge in [0.25, 0.3) is 5.91 Å². The number of nitrogens with one attached hydrogen (secondary N) is 2. The number of aryl methyl sites for hydroxylation is 2. The second-order valence-electron chi connectivity index (χ2n) is 6.57. The summed E-state index contributed by atoms with van der Waals surface area (Å²) < 4.78 is 1.83. The van der Waals surface area contributed by atoms with Crippen LogP contribution < -0.4 is 10.6 Å². The zero-order chi connectivity index (χ0) is 16.9. The lowest BCUT2D eigenvalue weighted by molar-refractivity contribution is 0.0949. The summed E-state index contributed by atoms with van der Waals surface area (Å²) in [5.74, 6) is -0.153. The van der Waals surface area contributed by atoms with E-state index in [1.54, 1.807) is 6.20 Å². The number of hydrogen-bond donors (Lipinski definition) is 2. The summed E-state index contributed by atoms with van der Waals surface area (Å²) in [6.45, 7) is 6.76. The first-order valence-electron chi connectivity index (χ1n) is 8.60. The van der Waals surface area contributed by atoms with Gasteiger partial charge < -0.3 is 10.6 Å². The molecule has 2 aromatic rings. The maximum atomic E-state index is 12.2. The topological polar surface area (TPSA) is 71.8 Å². The Kier molecular flexibility index (Phi) is 6.96. The third-order valence-corrected chi connectivity index (χ3v) is 4.41. The van der Waals surface area contributed by atoms with Crippen molar-refractivity contribution in [2.75, 3.05) is 19.6 Å². The smallest absolute Gasteiger partial charge is 0.273 e. The highest BCUT2D eigenvalue weighted by atomic mass is 35.5. The van der Waals surface area contributed by atoms with E-state index in [-0.39, 0.29) is 18.3 Å². The Morgan fingerprint density at radius 3 is 2.60 bits per heavy atom. The second kappa shape index (κ2) is 8.97. The average molecular weight is 364 g/mol. The Bertz CT molecular complexity index is 689. The highest BCUT2D eigenvalue weighted by Gasteiger charge is 2.18. The lowest BCUT2D eigenvalue weighted by Gasteiger charge is -2.22. The molecule has 2 heterocycles. The molecule has 0 unspecified atom stereocenters. The first kappa shape index (κ1) is 19.4. The Hall–Kier alpha value is -1.92. The molecule has 1 aromatic heterocycles.